The Morgan fingerprint density at radius 1 is 1.19 bits per heavy atom. The van der Waals surface area contributed by atoms with E-state index in [0.29, 0.717) is 26.8 Å². The second-order valence-electron chi connectivity index (χ2n) is 8.33. The van der Waals surface area contributed by atoms with Crippen LogP contribution in [-0.4, -0.2) is 44.0 Å². The van der Waals surface area contributed by atoms with Gasteiger partial charge in [0.1, 0.15) is 10.4 Å². The van der Waals surface area contributed by atoms with Crippen molar-refractivity contribution < 1.29 is 14.3 Å². The lowest BCUT2D eigenvalue weighted by molar-refractivity contribution is -0.113. The zero-order valence-electron chi connectivity index (χ0n) is 19.7. The summed E-state index contributed by atoms with van der Waals surface area (Å²) in [7, 11) is 0. The normalized spacial score (nSPS) is 13.2. The number of carbonyl (C=O) groups is 2. The number of aryl methyl sites for hydroxylation is 1. The molecule has 9 nitrogen and oxygen atoms in total. The number of rotatable bonds is 7. The molecule has 1 amide bonds. The third kappa shape index (κ3) is 4.93. The van der Waals surface area contributed by atoms with Crippen LogP contribution in [0.4, 0.5) is 5.00 Å². The molecule has 0 saturated heterocycles. The highest BCUT2D eigenvalue weighted by Gasteiger charge is 2.26. The molecule has 5 rings (SSSR count). The molecule has 3 aromatic heterocycles. The molecule has 0 unspecified atom stereocenters. The number of hydrogen-bond acceptors (Lipinski definition) is 8. The number of carbonyl (C=O) groups excluding carboxylic acids is 2. The molecule has 0 radical (unpaired) electrons. The molecule has 0 spiro atoms. The third-order valence-electron chi connectivity index (χ3n) is 5.91. The van der Waals surface area contributed by atoms with Crippen LogP contribution >= 0.6 is 23.1 Å². The Hall–Kier alpha value is -3.44. The third-order valence-corrected chi connectivity index (χ3v) is 7.99. The fourth-order valence-corrected chi connectivity index (χ4v) is 6.22. The fourth-order valence-electron chi connectivity index (χ4n) is 4.27. The van der Waals surface area contributed by atoms with Gasteiger partial charge in [-0.05, 0) is 50.3 Å². The van der Waals surface area contributed by atoms with Crippen LogP contribution in [-0.2, 0) is 22.4 Å². The van der Waals surface area contributed by atoms with Gasteiger partial charge in [-0.1, -0.05) is 36.4 Å². The lowest BCUT2D eigenvalue weighted by Crippen LogP contribution is -2.17. The Kier molecular flexibility index (Phi) is 7.19. The van der Waals surface area contributed by atoms with Gasteiger partial charge in [-0.3, -0.25) is 9.59 Å². The first-order valence-electron chi connectivity index (χ1n) is 11.8. The molecule has 0 bridgehead atoms. The van der Waals surface area contributed by atoms with Crippen molar-refractivity contribution >= 4 is 51.0 Å². The summed E-state index contributed by atoms with van der Waals surface area (Å²) in [6, 6.07) is 9.41. The van der Waals surface area contributed by atoms with E-state index in [9.17, 15) is 14.4 Å². The van der Waals surface area contributed by atoms with Crippen molar-refractivity contribution in [3.8, 4) is 5.69 Å². The van der Waals surface area contributed by atoms with Crippen molar-refractivity contribution in [1.82, 2.24) is 19.7 Å². The van der Waals surface area contributed by atoms with E-state index in [-0.39, 0.29) is 23.8 Å². The monoisotopic (exact) mass is 523 g/mol. The van der Waals surface area contributed by atoms with Crippen LogP contribution in [0.5, 0.6) is 0 Å². The number of para-hydroxylation sites is 1. The molecule has 1 aliphatic carbocycles. The maximum Gasteiger partial charge on any atom is 0.341 e. The lowest BCUT2D eigenvalue weighted by atomic mass is 10.1. The average molecular weight is 524 g/mol. The van der Waals surface area contributed by atoms with E-state index in [1.54, 1.807) is 11.6 Å². The van der Waals surface area contributed by atoms with E-state index in [0.717, 1.165) is 60.0 Å². The summed E-state index contributed by atoms with van der Waals surface area (Å²) in [6.07, 6.45) is 6.40. The number of nitrogens with zero attached hydrogens (tertiary/aromatic N) is 3. The van der Waals surface area contributed by atoms with E-state index in [1.807, 2.05) is 30.3 Å². The number of hydrogen-bond donors (Lipinski definition) is 2. The van der Waals surface area contributed by atoms with Crippen molar-refractivity contribution in [2.75, 3.05) is 17.7 Å². The van der Waals surface area contributed by atoms with E-state index in [4.69, 9.17) is 4.74 Å². The number of thioether (sulfide) groups is 1. The minimum absolute atomic E-state index is 0.0127. The molecule has 4 aromatic rings. The summed E-state index contributed by atoms with van der Waals surface area (Å²) in [6.45, 7) is 2.04. The van der Waals surface area contributed by atoms with E-state index < -0.39 is 5.97 Å². The number of H-pyrrole nitrogens is 1. The van der Waals surface area contributed by atoms with E-state index >= 15 is 0 Å². The van der Waals surface area contributed by atoms with Crippen molar-refractivity contribution in [2.45, 2.75) is 44.2 Å². The summed E-state index contributed by atoms with van der Waals surface area (Å²) in [5.74, 6) is -0.676. The Morgan fingerprint density at radius 2 is 2.00 bits per heavy atom. The summed E-state index contributed by atoms with van der Waals surface area (Å²) in [5, 5.41) is 8.42. The Labute approximate surface area is 215 Å². The van der Waals surface area contributed by atoms with Gasteiger partial charge < -0.3 is 15.0 Å². The quantitative estimate of drug-likeness (QED) is 0.160. The topological polar surface area (TPSA) is 119 Å². The minimum atomic E-state index is -0.398. The van der Waals surface area contributed by atoms with Crippen LogP contribution < -0.4 is 10.9 Å². The van der Waals surface area contributed by atoms with Crippen molar-refractivity contribution in [2.24, 2.45) is 0 Å². The standard InChI is InChI=1S/C25H25N5O4S2/c1-2-34-24(33)20-16-11-7-4-8-12-18(16)36-23(20)27-19(31)14-35-25-28-21-17(22(32)29-25)13-26-30(21)15-9-5-3-6-10-15/h3,5-6,9-10,13H,2,4,7-8,11-12,14H2,1H3,(H,27,31)(H,28,29,32). The van der Waals surface area contributed by atoms with Crippen LogP contribution in [0.3, 0.4) is 0 Å². The summed E-state index contributed by atoms with van der Waals surface area (Å²) < 4.78 is 6.89. The van der Waals surface area contributed by atoms with Gasteiger partial charge in [0, 0.05) is 4.88 Å². The van der Waals surface area contributed by atoms with Gasteiger partial charge in [0.15, 0.2) is 10.8 Å². The highest BCUT2D eigenvalue weighted by molar-refractivity contribution is 7.99. The highest BCUT2D eigenvalue weighted by atomic mass is 32.2. The Bertz CT molecular complexity index is 1480. The minimum Gasteiger partial charge on any atom is -0.462 e. The molecule has 0 saturated carbocycles. The summed E-state index contributed by atoms with van der Waals surface area (Å²) in [4.78, 5) is 46.6. The largest absolute Gasteiger partial charge is 0.462 e. The van der Waals surface area contributed by atoms with Gasteiger partial charge in [-0.25, -0.2) is 14.5 Å². The molecule has 2 N–H and O–H groups in total. The first kappa shape index (κ1) is 24.3. The van der Waals surface area contributed by atoms with Crippen molar-refractivity contribution in [3.63, 3.8) is 0 Å². The van der Waals surface area contributed by atoms with Crippen molar-refractivity contribution in [3.05, 3.63) is 62.9 Å². The number of ether oxygens (including phenoxy) is 1. The molecule has 1 aliphatic rings. The lowest BCUT2D eigenvalue weighted by Gasteiger charge is -2.08. The SMILES string of the molecule is CCOC(=O)c1c(NC(=O)CSc2nc3c(cnn3-c3ccccc3)c(=O)[nH]2)sc2c1CCCCC2. The van der Waals surface area contributed by atoms with Gasteiger partial charge in [-0.15, -0.1) is 11.3 Å². The highest BCUT2D eigenvalue weighted by Crippen LogP contribution is 2.38. The number of anilines is 1. The predicted octanol–water partition coefficient (Wildman–Crippen LogP) is 4.35. The molecule has 3 heterocycles. The number of thiophene rings is 1. The summed E-state index contributed by atoms with van der Waals surface area (Å²) in [5.41, 5.74) is 2.36. The maximum atomic E-state index is 12.9. The number of fused-ring (bicyclic) bond motifs is 2. The molecule has 1 aromatic carbocycles. The Balaban J connectivity index is 1.35. The van der Waals surface area contributed by atoms with E-state index in [2.05, 4.69) is 20.4 Å². The van der Waals surface area contributed by atoms with Gasteiger partial charge in [0.05, 0.1) is 29.8 Å². The number of amides is 1. The van der Waals surface area contributed by atoms with Crippen LogP contribution in [0.2, 0.25) is 0 Å². The molecule has 11 heteroatoms. The number of aromatic amines is 1. The van der Waals surface area contributed by atoms with E-state index in [1.165, 1.54) is 17.5 Å². The van der Waals surface area contributed by atoms with Crippen LogP contribution in [0.15, 0.2) is 46.5 Å². The molecule has 0 fully saturated rings. The number of benzene rings is 1. The van der Waals surface area contributed by atoms with Crippen LogP contribution in [0.1, 0.15) is 47.0 Å². The van der Waals surface area contributed by atoms with Gasteiger partial charge in [0.25, 0.3) is 5.56 Å². The zero-order chi connectivity index (χ0) is 25.1. The smallest absolute Gasteiger partial charge is 0.341 e. The average Bonchev–Trinajstić information content (AvgIpc) is 3.37. The molecule has 0 atom stereocenters. The predicted molar refractivity (Wildman–Crippen MR) is 140 cm³/mol. The molecular weight excluding hydrogens is 498 g/mol. The maximum absolute atomic E-state index is 12.9. The van der Waals surface area contributed by atoms with Gasteiger partial charge in [0.2, 0.25) is 5.91 Å². The molecule has 0 aliphatic heterocycles. The number of aromatic nitrogens is 4. The zero-order valence-corrected chi connectivity index (χ0v) is 21.3. The summed E-state index contributed by atoms with van der Waals surface area (Å²) >= 11 is 2.57. The number of nitrogens with one attached hydrogen (secondary N) is 2. The second-order valence-corrected chi connectivity index (χ2v) is 10.4. The first-order chi connectivity index (χ1) is 17.5. The fraction of sp³-hybridized carbons (Fsp3) is 0.320. The van der Waals surface area contributed by atoms with Gasteiger partial charge >= 0.3 is 5.97 Å². The Morgan fingerprint density at radius 3 is 2.81 bits per heavy atom. The molecule has 36 heavy (non-hydrogen) atoms. The van der Waals surface area contributed by atoms with Crippen molar-refractivity contribution in [1.29, 1.82) is 0 Å². The van der Waals surface area contributed by atoms with Gasteiger partial charge in [-0.2, -0.15) is 5.10 Å². The number of esters is 1. The molecular formula is C25H25N5O4S2. The van der Waals surface area contributed by atoms with Crippen LogP contribution in [0, 0.1) is 0 Å². The second kappa shape index (κ2) is 10.7. The molecule has 186 valence electrons. The first-order valence-corrected chi connectivity index (χ1v) is 13.6. The van der Waals surface area contributed by atoms with Crippen LogP contribution in [0.25, 0.3) is 16.7 Å².